The molecule has 33 heavy (non-hydrogen) atoms. The van der Waals surface area contributed by atoms with Gasteiger partial charge in [0.25, 0.3) is 5.91 Å². The fraction of sp³-hybridized carbons (Fsp3) is 0.440. The smallest absolute Gasteiger partial charge is 0.257 e. The Balaban J connectivity index is 1.63. The maximum Gasteiger partial charge on any atom is 0.257 e. The third-order valence-electron chi connectivity index (χ3n) is 6.34. The number of ether oxygens (including phenoxy) is 3. The molecule has 2 aliphatic rings. The standard InChI is InChI=1S/C25H32N4O4/c1-27-11-13-28(14-12-27)17-25(30)29-23(21-10-9-20(32-3)15-24(21)33-4)16-22(26-29)18-5-7-19(31-2)8-6-18/h5-10,15,23H,11-14,16-17H2,1-4H3. The Kier molecular flexibility index (Phi) is 7.15. The van der Waals surface area contributed by atoms with Crippen molar-refractivity contribution in [1.82, 2.24) is 14.8 Å². The molecule has 2 heterocycles. The van der Waals surface area contributed by atoms with Gasteiger partial charge in [0.2, 0.25) is 0 Å². The van der Waals surface area contributed by atoms with E-state index in [1.54, 1.807) is 26.3 Å². The highest BCUT2D eigenvalue weighted by Gasteiger charge is 2.35. The first-order valence-corrected chi connectivity index (χ1v) is 11.2. The number of nitrogens with zero attached hydrogens (tertiary/aromatic N) is 4. The Morgan fingerprint density at radius 1 is 0.939 bits per heavy atom. The number of hydrazone groups is 1. The first-order valence-electron chi connectivity index (χ1n) is 11.2. The molecule has 176 valence electrons. The average molecular weight is 453 g/mol. The van der Waals surface area contributed by atoms with Crippen LogP contribution in [0.4, 0.5) is 0 Å². The largest absolute Gasteiger partial charge is 0.497 e. The van der Waals surface area contributed by atoms with Crippen LogP contribution in [0.25, 0.3) is 0 Å². The lowest BCUT2D eigenvalue weighted by atomic mass is 9.97. The van der Waals surface area contributed by atoms with Crippen molar-refractivity contribution in [2.24, 2.45) is 5.10 Å². The van der Waals surface area contributed by atoms with E-state index in [1.165, 1.54) is 0 Å². The lowest BCUT2D eigenvalue weighted by molar-refractivity contribution is -0.134. The van der Waals surface area contributed by atoms with Crippen molar-refractivity contribution in [1.29, 1.82) is 0 Å². The summed E-state index contributed by atoms with van der Waals surface area (Å²) < 4.78 is 16.3. The predicted molar refractivity (Wildman–Crippen MR) is 127 cm³/mol. The molecule has 8 nitrogen and oxygen atoms in total. The number of hydrogen-bond acceptors (Lipinski definition) is 7. The molecule has 2 aromatic rings. The van der Waals surface area contributed by atoms with E-state index in [0.717, 1.165) is 48.8 Å². The molecule has 2 aromatic carbocycles. The Morgan fingerprint density at radius 3 is 2.24 bits per heavy atom. The molecule has 1 atom stereocenters. The maximum atomic E-state index is 13.5. The van der Waals surface area contributed by atoms with Crippen molar-refractivity contribution in [3.05, 3.63) is 53.6 Å². The van der Waals surface area contributed by atoms with Gasteiger partial charge in [-0.2, -0.15) is 5.10 Å². The van der Waals surface area contributed by atoms with Crippen molar-refractivity contribution >= 4 is 11.6 Å². The highest BCUT2D eigenvalue weighted by atomic mass is 16.5. The molecule has 4 rings (SSSR count). The maximum absolute atomic E-state index is 13.5. The van der Waals surface area contributed by atoms with Gasteiger partial charge in [0, 0.05) is 44.2 Å². The molecular weight excluding hydrogens is 420 g/mol. The summed E-state index contributed by atoms with van der Waals surface area (Å²) >= 11 is 0. The van der Waals surface area contributed by atoms with Gasteiger partial charge in [-0.3, -0.25) is 9.69 Å². The van der Waals surface area contributed by atoms with Gasteiger partial charge in [0.15, 0.2) is 0 Å². The molecule has 0 radical (unpaired) electrons. The van der Waals surface area contributed by atoms with Crippen molar-refractivity contribution in [3.8, 4) is 17.2 Å². The molecule has 0 saturated carbocycles. The number of piperazine rings is 1. The monoisotopic (exact) mass is 452 g/mol. The summed E-state index contributed by atoms with van der Waals surface area (Å²) in [6, 6.07) is 13.2. The molecule has 0 bridgehead atoms. The Labute approximate surface area is 195 Å². The summed E-state index contributed by atoms with van der Waals surface area (Å²) in [5, 5.41) is 6.45. The summed E-state index contributed by atoms with van der Waals surface area (Å²) in [6.07, 6.45) is 0.601. The summed E-state index contributed by atoms with van der Waals surface area (Å²) in [5.41, 5.74) is 2.76. The zero-order valence-corrected chi connectivity index (χ0v) is 19.8. The summed E-state index contributed by atoms with van der Waals surface area (Å²) in [4.78, 5) is 17.9. The van der Waals surface area contributed by atoms with Crippen LogP contribution in [-0.4, -0.2) is 87.5 Å². The number of carbonyl (C=O) groups is 1. The molecule has 0 aliphatic carbocycles. The van der Waals surface area contributed by atoms with Gasteiger partial charge < -0.3 is 19.1 Å². The van der Waals surface area contributed by atoms with Gasteiger partial charge in [-0.25, -0.2) is 5.01 Å². The molecule has 0 spiro atoms. The van der Waals surface area contributed by atoms with Crippen LogP contribution in [0.3, 0.4) is 0 Å². The Hall–Kier alpha value is -3.10. The second kappa shape index (κ2) is 10.2. The first-order chi connectivity index (χ1) is 16.0. The molecule has 2 aliphatic heterocycles. The van der Waals surface area contributed by atoms with Crippen LogP contribution in [-0.2, 0) is 4.79 Å². The van der Waals surface area contributed by atoms with Crippen LogP contribution < -0.4 is 14.2 Å². The van der Waals surface area contributed by atoms with Gasteiger partial charge in [0.05, 0.1) is 39.6 Å². The number of rotatable bonds is 7. The number of benzene rings is 2. The third-order valence-corrected chi connectivity index (χ3v) is 6.34. The Bertz CT molecular complexity index is 1000. The third kappa shape index (κ3) is 5.12. The summed E-state index contributed by atoms with van der Waals surface area (Å²) in [6.45, 7) is 4.03. The molecule has 0 aromatic heterocycles. The number of hydrogen-bond donors (Lipinski definition) is 0. The van der Waals surface area contributed by atoms with Crippen LogP contribution in [0.1, 0.15) is 23.6 Å². The minimum Gasteiger partial charge on any atom is -0.497 e. The van der Waals surface area contributed by atoms with Crippen LogP contribution in [0.15, 0.2) is 47.6 Å². The topological polar surface area (TPSA) is 66.8 Å². The summed E-state index contributed by atoms with van der Waals surface area (Å²) in [5.74, 6) is 2.17. The lowest BCUT2D eigenvalue weighted by Gasteiger charge is -2.33. The highest BCUT2D eigenvalue weighted by molar-refractivity contribution is 6.03. The van der Waals surface area contributed by atoms with E-state index in [9.17, 15) is 4.79 Å². The highest BCUT2D eigenvalue weighted by Crippen LogP contribution is 2.39. The van der Waals surface area contributed by atoms with Gasteiger partial charge in [-0.1, -0.05) is 0 Å². The van der Waals surface area contributed by atoms with E-state index in [4.69, 9.17) is 19.3 Å². The quantitative estimate of drug-likeness (QED) is 0.644. The van der Waals surface area contributed by atoms with Crippen LogP contribution in [0, 0.1) is 0 Å². The Morgan fingerprint density at radius 2 is 1.61 bits per heavy atom. The first kappa shape index (κ1) is 23.1. The van der Waals surface area contributed by atoms with Gasteiger partial charge in [-0.05, 0) is 49.0 Å². The van der Waals surface area contributed by atoms with Crippen LogP contribution in [0.5, 0.6) is 17.2 Å². The molecular formula is C25H32N4O4. The second-order valence-corrected chi connectivity index (χ2v) is 8.42. The van der Waals surface area contributed by atoms with E-state index in [1.807, 2.05) is 42.5 Å². The van der Waals surface area contributed by atoms with E-state index < -0.39 is 0 Å². The van der Waals surface area contributed by atoms with Crippen LogP contribution >= 0.6 is 0 Å². The minimum absolute atomic E-state index is 0.00839. The van der Waals surface area contributed by atoms with Crippen molar-refractivity contribution in [2.45, 2.75) is 12.5 Å². The lowest BCUT2D eigenvalue weighted by Crippen LogP contribution is -2.48. The number of methoxy groups -OCH3 is 3. The molecule has 1 amide bonds. The zero-order valence-electron chi connectivity index (χ0n) is 19.8. The number of carbonyl (C=O) groups excluding carboxylic acids is 1. The molecule has 8 heteroatoms. The second-order valence-electron chi connectivity index (χ2n) is 8.42. The predicted octanol–water partition coefficient (Wildman–Crippen LogP) is 2.64. The SMILES string of the molecule is COc1ccc(C2=NN(C(=O)CN3CCN(C)CC3)C(c3ccc(OC)cc3OC)C2)cc1. The van der Waals surface area contributed by atoms with E-state index >= 15 is 0 Å². The van der Waals surface area contributed by atoms with Gasteiger partial charge in [0.1, 0.15) is 17.2 Å². The summed E-state index contributed by atoms with van der Waals surface area (Å²) in [7, 11) is 7.01. The van der Waals surface area contributed by atoms with Gasteiger partial charge >= 0.3 is 0 Å². The fourth-order valence-corrected chi connectivity index (χ4v) is 4.30. The number of amides is 1. The zero-order chi connectivity index (χ0) is 23.4. The van der Waals surface area contributed by atoms with E-state index in [0.29, 0.717) is 24.5 Å². The number of likely N-dealkylation sites (N-methyl/N-ethyl adjacent to an activating group) is 1. The molecule has 1 unspecified atom stereocenters. The van der Waals surface area contributed by atoms with E-state index in [2.05, 4.69) is 16.8 Å². The minimum atomic E-state index is -0.247. The molecule has 0 N–H and O–H groups in total. The van der Waals surface area contributed by atoms with Crippen molar-refractivity contribution in [2.75, 3.05) is 61.1 Å². The average Bonchev–Trinajstić information content (AvgIpc) is 3.30. The van der Waals surface area contributed by atoms with Gasteiger partial charge in [-0.15, -0.1) is 0 Å². The van der Waals surface area contributed by atoms with Crippen molar-refractivity contribution in [3.63, 3.8) is 0 Å². The fourth-order valence-electron chi connectivity index (χ4n) is 4.30. The van der Waals surface area contributed by atoms with Crippen molar-refractivity contribution < 1.29 is 19.0 Å². The normalized spacial score (nSPS) is 19.3. The van der Waals surface area contributed by atoms with Crippen LogP contribution in [0.2, 0.25) is 0 Å². The molecule has 1 fully saturated rings. The van der Waals surface area contributed by atoms with E-state index in [-0.39, 0.29) is 11.9 Å². The molecule has 1 saturated heterocycles.